The molecule has 0 fully saturated rings. The van der Waals surface area contributed by atoms with Gasteiger partial charge in [-0.05, 0) is 19.5 Å². The monoisotopic (exact) mass is 286 g/mol. The molecule has 3 rings (SSSR count). The fourth-order valence-electron chi connectivity index (χ4n) is 2.83. The maximum Gasteiger partial charge on any atom is 0.105 e. The van der Waals surface area contributed by atoms with E-state index in [2.05, 4.69) is 41.3 Å². The van der Waals surface area contributed by atoms with Gasteiger partial charge < -0.3 is 4.74 Å². The summed E-state index contributed by atoms with van der Waals surface area (Å²) in [5.41, 5.74) is 3.55. The predicted octanol–water partition coefficient (Wildman–Crippen LogP) is 2.04. The van der Waals surface area contributed by atoms with Gasteiger partial charge in [0.05, 0.1) is 24.9 Å². The maximum atomic E-state index is 5.91. The molecule has 1 aromatic heterocycles. The van der Waals surface area contributed by atoms with Gasteiger partial charge in [-0.1, -0.05) is 35.5 Å². The first kappa shape index (κ1) is 14.2. The molecule has 0 saturated carbocycles. The zero-order chi connectivity index (χ0) is 14.7. The van der Waals surface area contributed by atoms with Crippen LogP contribution in [0.5, 0.6) is 0 Å². The van der Waals surface area contributed by atoms with Crippen molar-refractivity contribution in [2.45, 2.75) is 32.5 Å². The molecule has 0 bridgehead atoms. The highest BCUT2D eigenvalue weighted by Crippen LogP contribution is 2.27. The first-order valence-corrected chi connectivity index (χ1v) is 7.53. The van der Waals surface area contributed by atoms with Crippen LogP contribution in [0, 0.1) is 0 Å². The normalized spacial score (nSPS) is 18.7. The summed E-state index contributed by atoms with van der Waals surface area (Å²) in [6.45, 7) is 5.31. The Morgan fingerprint density at radius 1 is 1.29 bits per heavy atom. The highest BCUT2D eigenvalue weighted by atomic mass is 16.5. The summed E-state index contributed by atoms with van der Waals surface area (Å²) in [5.74, 6) is 0. The number of benzene rings is 1. The Kier molecular flexibility index (Phi) is 4.31. The van der Waals surface area contributed by atoms with E-state index in [1.807, 2.05) is 22.9 Å². The lowest BCUT2D eigenvalue weighted by Crippen LogP contribution is -2.35. The Morgan fingerprint density at radius 2 is 2.10 bits per heavy atom. The highest BCUT2D eigenvalue weighted by Gasteiger charge is 2.29. The third-order valence-corrected chi connectivity index (χ3v) is 4.10. The van der Waals surface area contributed by atoms with Crippen LogP contribution in [-0.4, -0.2) is 40.1 Å². The summed E-state index contributed by atoms with van der Waals surface area (Å²) in [5, 5.41) is 8.63. The molecule has 0 aliphatic carbocycles. The molecule has 0 saturated heterocycles. The number of hydrogen-bond acceptors (Lipinski definition) is 4. The number of aromatic nitrogens is 3. The molecule has 5 nitrogen and oxygen atoms in total. The van der Waals surface area contributed by atoms with Gasteiger partial charge in [0.25, 0.3) is 0 Å². The largest absolute Gasteiger partial charge is 0.375 e. The van der Waals surface area contributed by atoms with E-state index in [-0.39, 0.29) is 6.04 Å². The van der Waals surface area contributed by atoms with E-state index in [0.717, 1.165) is 25.2 Å². The summed E-state index contributed by atoms with van der Waals surface area (Å²) in [6.07, 6.45) is 1.02. The number of likely N-dealkylation sites (N-methyl/N-ethyl adjacent to an activating group) is 1. The molecule has 0 unspecified atom stereocenters. The molecular formula is C16H22N4O. The Morgan fingerprint density at radius 3 is 2.86 bits per heavy atom. The standard InChI is InChI=1S/C16H22N4O/c1-3-20-14-9-10-19(2)15(16(14)17-18-20)12-21-11-13-7-5-4-6-8-13/h4-8,15H,3,9-12H2,1-2H3/t15-/m0/s1. The topological polar surface area (TPSA) is 43.2 Å². The summed E-state index contributed by atoms with van der Waals surface area (Å²) in [4.78, 5) is 2.31. The molecule has 1 atom stereocenters. The minimum Gasteiger partial charge on any atom is -0.375 e. The number of ether oxygens (including phenoxy) is 1. The van der Waals surface area contributed by atoms with Gasteiger partial charge in [0.2, 0.25) is 0 Å². The number of rotatable bonds is 5. The fourth-order valence-corrected chi connectivity index (χ4v) is 2.83. The van der Waals surface area contributed by atoms with Crippen molar-refractivity contribution in [3.8, 4) is 0 Å². The van der Waals surface area contributed by atoms with Crippen LogP contribution >= 0.6 is 0 Å². The second-order valence-electron chi connectivity index (χ2n) is 5.48. The Labute approximate surface area is 125 Å². The summed E-state index contributed by atoms with van der Waals surface area (Å²) < 4.78 is 7.92. The van der Waals surface area contributed by atoms with E-state index >= 15 is 0 Å². The SMILES string of the molecule is CCn1nnc2c1CCN(C)[C@H]2COCc1ccccc1. The zero-order valence-electron chi connectivity index (χ0n) is 12.7. The van der Waals surface area contributed by atoms with Crippen LogP contribution in [0.25, 0.3) is 0 Å². The fraction of sp³-hybridized carbons (Fsp3) is 0.500. The van der Waals surface area contributed by atoms with Crippen LogP contribution in [0.15, 0.2) is 30.3 Å². The molecule has 1 aliphatic heterocycles. The van der Waals surface area contributed by atoms with Gasteiger partial charge in [0, 0.05) is 19.5 Å². The van der Waals surface area contributed by atoms with Crippen LogP contribution in [0.3, 0.4) is 0 Å². The average molecular weight is 286 g/mol. The lowest BCUT2D eigenvalue weighted by Gasteiger charge is -2.31. The molecule has 0 N–H and O–H groups in total. The summed E-state index contributed by atoms with van der Waals surface area (Å²) in [7, 11) is 2.13. The summed E-state index contributed by atoms with van der Waals surface area (Å²) in [6, 6.07) is 10.5. The van der Waals surface area contributed by atoms with Crippen molar-refractivity contribution < 1.29 is 4.74 Å². The van der Waals surface area contributed by atoms with Gasteiger partial charge in [0.15, 0.2) is 0 Å². The van der Waals surface area contributed by atoms with E-state index < -0.39 is 0 Å². The van der Waals surface area contributed by atoms with Crippen LogP contribution in [0.1, 0.15) is 29.9 Å². The second-order valence-corrected chi connectivity index (χ2v) is 5.48. The first-order valence-electron chi connectivity index (χ1n) is 7.53. The number of nitrogens with zero attached hydrogens (tertiary/aromatic N) is 4. The lowest BCUT2D eigenvalue weighted by molar-refractivity contribution is 0.0536. The zero-order valence-corrected chi connectivity index (χ0v) is 12.7. The molecule has 2 aromatic rings. The molecular weight excluding hydrogens is 264 g/mol. The minimum absolute atomic E-state index is 0.206. The maximum absolute atomic E-state index is 5.91. The summed E-state index contributed by atoms with van der Waals surface area (Å²) >= 11 is 0. The van der Waals surface area contributed by atoms with E-state index in [4.69, 9.17) is 4.74 Å². The third-order valence-electron chi connectivity index (χ3n) is 4.10. The highest BCUT2D eigenvalue weighted by molar-refractivity contribution is 5.19. The molecule has 1 aromatic carbocycles. The second kappa shape index (κ2) is 6.37. The molecule has 5 heteroatoms. The average Bonchev–Trinajstić information content (AvgIpc) is 2.93. The van der Waals surface area contributed by atoms with Gasteiger partial charge in [-0.2, -0.15) is 0 Å². The van der Waals surface area contributed by atoms with Crippen molar-refractivity contribution in [3.05, 3.63) is 47.3 Å². The number of aryl methyl sites for hydroxylation is 1. The minimum atomic E-state index is 0.206. The third kappa shape index (κ3) is 2.99. The van der Waals surface area contributed by atoms with Gasteiger partial charge in [-0.25, -0.2) is 4.68 Å². The van der Waals surface area contributed by atoms with E-state index in [1.54, 1.807) is 0 Å². The van der Waals surface area contributed by atoms with Gasteiger partial charge in [-0.3, -0.25) is 4.90 Å². The van der Waals surface area contributed by atoms with Crippen molar-refractivity contribution in [3.63, 3.8) is 0 Å². The van der Waals surface area contributed by atoms with Gasteiger partial charge in [-0.15, -0.1) is 5.10 Å². The Bertz CT molecular complexity index is 581. The van der Waals surface area contributed by atoms with Crippen LogP contribution in [0.2, 0.25) is 0 Å². The molecule has 21 heavy (non-hydrogen) atoms. The Hall–Kier alpha value is -1.72. The smallest absolute Gasteiger partial charge is 0.105 e. The van der Waals surface area contributed by atoms with Crippen LogP contribution < -0.4 is 0 Å². The predicted molar refractivity (Wildman–Crippen MR) is 80.9 cm³/mol. The van der Waals surface area contributed by atoms with Crippen molar-refractivity contribution in [2.24, 2.45) is 0 Å². The molecule has 112 valence electrons. The van der Waals surface area contributed by atoms with E-state index in [9.17, 15) is 0 Å². The van der Waals surface area contributed by atoms with Crippen molar-refractivity contribution >= 4 is 0 Å². The first-order chi connectivity index (χ1) is 10.3. The molecule has 0 radical (unpaired) electrons. The van der Waals surface area contributed by atoms with Crippen LogP contribution in [0.4, 0.5) is 0 Å². The van der Waals surface area contributed by atoms with Crippen molar-refractivity contribution in [1.29, 1.82) is 0 Å². The molecule has 1 aliphatic rings. The van der Waals surface area contributed by atoms with Crippen LogP contribution in [-0.2, 0) is 24.3 Å². The van der Waals surface area contributed by atoms with E-state index in [0.29, 0.717) is 13.2 Å². The number of fused-ring (bicyclic) bond motifs is 1. The molecule has 0 amide bonds. The quantitative estimate of drug-likeness (QED) is 0.843. The van der Waals surface area contributed by atoms with Gasteiger partial charge in [0.1, 0.15) is 5.69 Å². The van der Waals surface area contributed by atoms with Crippen molar-refractivity contribution in [1.82, 2.24) is 19.9 Å². The van der Waals surface area contributed by atoms with Gasteiger partial charge >= 0.3 is 0 Å². The molecule has 2 heterocycles. The number of hydrogen-bond donors (Lipinski definition) is 0. The Balaban J connectivity index is 1.66. The molecule has 0 spiro atoms. The lowest BCUT2D eigenvalue weighted by atomic mass is 10.0. The van der Waals surface area contributed by atoms with E-state index in [1.165, 1.54) is 11.3 Å². The van der Waals surface area contributed by atoms with Crippen molar-refractivity contribution in [2.75, 3.05) is 20.2 Å².